The first-order valence-electron chi connectivity index (χ1n) is 6.56. The maximum absolute atomic E-state index is 12.0. The number of cyclic esters (lactones) is 1. The Kier molecular flexibility index (Phi) is 4.63. The molecule has 0 radical (unpaired) electrons. The van der Waals surface area contributed by atoms with Crippen molar-refractivity contribution in [1.29, 1.82) is 0 Å². The Bertz CT molecular complexity index is 433. The standard InChI is InChI=1S/C14H19NO4/c1-2-18-13-6-4-3-5-12(13)15-11(7-9-16)8-10-19-14(15)17/h3-6,11,16H,2,7-10H2,1H3. The van der Waals surface area contributed by atoms with E-state index in [1.165, 1.54) is 0 Å². The van der Waals surface area contributed by atoms with E-state index in [1.54, 1.807) is 4.90 Å². The molecule has 19 heavy (non-hydrogen) atoms. The Morgan fingerprint density at radius 3 is 3.00 bits per heavy atom. The maximum atomic E-state index is 12.0. The van der Waals surface area contributed by atoms with Crippen molar-refractivity contribution in [1.82, 2.24) is 0 Å². The largest absolute Gasteiger partial charge is 0.492 e. The molecule has 1 aromatic carbocycles. The average molecular weight is 265 g/mol. The van der Waals surface area contributed by atoms with Crippen LogP contribution in [0.1, 0.15) is 19.8 Å². The molecule has 0 spiro atoms. The lowest BCUT2D eigenvalue weighted by Gasteiger charge is -2.35. The van der Waals surface area contributed by atoms with E-state index in [4.69, 9.17) is 14.6 Å². The number of aliphatic hydroxyl groups is 1. The van der Waals surface area contributed by atoms with Gasteiger partial charge >= 0.3 is 6.09 Å². The molecule has 0 aliphatic carbocycles. The van der Waals surface area contributed by atoms with Crippen LogP contribution in [-0.4, -0.2) is 37.1 Å². The van der Waals surface area contributed by atoms with Crippen LogP contribution in [-0.2, 0) is 4.74 Å². The molecule has 5 nitrogen and oxygen atoms in total. The van der Waals surface area contributed by atoms with Crippen molar-refractivity contribution >= 4 is 11.8 Å². The smallest absolute Gasteiger partial charge is 0.414 e. The van der Waals surface area contributed by atoms with Crippen LogP contribution in [0.3, 0.4) is 0 Å². The number of rotatable bonds is 5. The number of amides is 1. The quantitative estimate of drug-likeness (QED) is 0.886. The predicted octanol–water partition coefficient (Wildman–Crippen LogP) is 2.18. The number of carbonyl (C=O) groups excluding carboxylic acids is 1. The summed E-state index contributed by atoms with van der Waals surface area (Å²) in [4.78, 5) is 13.6. The van der Waals surface area contributed by atoms with Gasteiger partial charge in [-0.1, -0.05) is 12.1 Å². The molecule has 0 saturated carbocycles. The van der Waals surface area contributed by atoms with Gasteiger partial charge in [0.2, 0.25) is 0 Å². The Morgan fingerprint density at radius 2 is 2.26 bits per heavy atom. The van der Waals surface area contributed by atoms with Crippen molar-refractivity contribution in [2.45, 2.75) is 25.8 Å². The van der Waals surface area contributed by atoms with Gasteiger partial charge < -0.3 is 14.6 Å². The summed E-state index contributed by atoms with van der Waals surface area (Å²) in [5, 5.41) is 9.13. The van der Waals surface area contributed by atoms with Crippen molar-refractivity contribution in [2.24, 2.45) is 0 Å². The number of hydrogen-bond donors (Lipinski definition) is 1. The molecule has 1 amide bonds. The molecule has 5 heteroatoms. The Labute approximate surface area is 112 Å². The maximum Gasteiger partial charge on any atom is 0.414 e. The summed E-state index contributed by atoms with van der Waals surface area (Å²) in [6.45, 7) is 2.88. The number of aliphatic hydroxyl groups excluding tert-OH is 1. The third-order valence-electron chi connectivity index (χ3n) is 3.13. The van der Waals surface area contributed by atoms with Crippen LogP contribution in [0.25, 0.3) is 0 Å². The van der Waals surface area contributed by atoms with Crippen LogP contribution in [0, 0.1) is 0 Å². The van der Waals surface area contributed by atoms with Gasteiger partial charge in [-0.15, -0.1) is 0 Å². The van der Waals surface area contributed by atoms with Gasteiger partial charge in [-0.3, -0.25) is 4.90 Å². The molecule has 1 saturated heterocycles. The lowest BCUT2D eigenvalue weighted by atomic mass is 10.1. The van der Waals surface area contributed by atoms with Crippen molar-refractivity contribution < 1.29 is 19.4 Å². The number of ether oxygens (including phenoxy) is 2. The highest BCUT2D eigenvalue weighted by molar-refractivity contribution is 5.90. The fraction of sp³-hybridized carbons (Fsp3) is 0.500. The molecule has 0 bridgehead atoms. The number of para-hydroxylation sites is 2. The van der Waals surface area contributed by atoms with E-state index in [1.807, 2.05) is 31.2 Å². The molecule has 1 unspecified atom stereocenters. The van der Waals surface area contributed by atoms with Crippen LogP contribution >= 0.6 is 0 Å². The molecular formula is C14H19NO4. The fourth-order valence-corrected chi connectivity index (χ4v) is 2.28. The Morgan fingerprint density at radius 1 is 1.47 bits per heavy atom. The third kappa shape index (κ3) is 2.98. The second-order valence-corrected chi connectivity index (χ2v) is 4.34. The molecule has 0 aromatic heterocycles. The van der Waals surface area contributed by atoms with Gasteiger partial charge in [-0.2, -0.15) is 0 Å². The van der Waals surface area contributed by atoms with Gasteiger partial charge in [0.05, 0.1) is 18.9 Å². The van der Waals surface area contributed by atoms with Crippen molar-refractivity contribution in [3.63, 3.8) is 0 Å². The summed E-state index contributed by atoms with van der Waals surface area (Å²) >= 11 is 0. The minimum atomic E-state index is -0.378. The van der Waals surface area contributed by atoms with E-state index in [0.29, 0.717) is 37.5 Å². The Balaban J connectivity index is 2.32. The first-order valence-corrected chi connectivity index (χ1v) is 6.56. The molecule has 1 heterocycles. The van der Waals surface area contributed by atoms with Gasteiger partial charge in [0, 0.05) is 19.1 Å². The molecule has 1 fully saturated rings. The van der Waals surface area contributed by atoms with Gasteiger partial charge in [-0.25, -0.2) is 4.79 Å². The highest BCUT2D eigenvalue weighted by Gasteiger charge is 2.32. The highest BCUT2D eigenvalue weighted by Crippen LogP contribution is 2.33. The second-order valence-electron chi connectivity index (χ2n) is 4.34. The molecule has 1 N–H and O–H groups in total. The summed E-state index contributed by atoms with van der Waals surface area (Å²) in [7, 11) is 0. The van der Waals surface area contributed by atoms with E-state index in [0.717, 1.165) is 0 Å². The lowest BCUT2D eigenvalue weighted by molar-refractivity contribution is 0.123. The number of hydrogen-bond acceptors (Lipinski definition) is 4. The number of carbonyl (C=O) groups is 1. The zero-order chi connectivity index (χ0) is 13.7. The minimum absolute atomic E-state index is 0.0469. The summed E-state index contributed by atoms with van der Waals surface area (Å²) in [6.07, 6.45) is 0.874. The molecule has 1 atom stereocenters. The predicted molar refractivity (Wildman–Crippen MR) is 71.5 cm³/mol. The molecule has 1 aliphatic rings. The first kappa shape index (κ1) is 13.7. The summed E-state index contributed by atoms with van der Waals surface area (Å²) in [5.74, 6) is 0.659. The van der Waals surface area contributed by atoms with Crippen LogP contribution in [0.15, 0.2) is 24.3 Å². The number of nitrogens with zero attached hydrogens (tertiary/aromatic N) is 1. The minimum Gasteiger partial charge on any atom is -0.492 e. The van der Waals surface area contributed by atoms with E-state index >= 15 is 0 Å². The van der Waals surface area contributed by atoms with Gasteiger partial charge in [0.25, 0.3) is 0 Å². The third-order valence-corrected chi connectivity index (χ3v) is 3.13. The molecule has 1 aromatic rings. The fourth-order valence-electron chi connectivity index (χ4n) is 2.28. The summed E-state index contributed by atoms with van der Waals surface area (Å²) in [5.41, 5.74) is 0.701. The topological polar surface area (TPSA) is 59.0 Å². The van der Waals surface area contributed by atoms with E-state index in [2.05, 4.69) is 0 Å². The van der Waals surface area contributed by atoms with Gasteiger partial charge in [-0.05, 0) is 25.5 Å². The highest BCUT2D eigenvalue weighted by atomic mass is 16.6. The molecule has 2 rings (SSSR count). The van der Waals surface area contributed by atoms with Crippen molar-refractivity contribution in [3.05, 3.63) is 24.3 Å². The Hall–Kier alpha value is -1.75. The summed E-state index contributed by atoms with van der Waals surface area (Å²) < 4.78 is 10.7. The van der Waals surface area contributed by atoms with Crippen LogP contribution in [0.4, 0.5) is 10.5 Å². The summed E-state index contributed by atoms with van der Waals surface area (Å²) in [6, 6.07) is 7.34. The first-order chi connectivity index (χ1) is 9.27. The van der Waals surface area contributed by atoms with Crippen LogP contribution in [0.2, 0.25) is 0 Å². The van der Waals surface area contributed by atoms with E-state index < -0.39 is 0 Å². The van der Waals surface area contributed by atoms with Gasteiger partial charge in [0.15, 0.2) is 0 Å². The van der Waals surface area contributed by atoms with Gasteiger partial charge in [0.1, 0.15) is 5.75 Å². The average Bonchev–Trinajstić information content (AvgIpc) is 2.41. The normalized spacial score (nSPS) is 19.2. The molecule has 1 aliphatic heterocycles. The molecular weight excluding hydrogens is 246 g/mol. The van der Waals surface area contributed by atoms with Crippen LogP contribution < -0.4 is 9.64 Å². The van der Waals surface area contributed by atoms with Crippen LogP contribution in [0.5, 0.6) is 5.75 Å². The van der Waals surface area contributed by atoms with Crippen molar-refractivity contribution in [3.8, 4) is 5.75 Å². The monoisotopic (exact) mass is 265 g/mol. The molecule has 104 valence electrons. The number of benzene rings is 1. The van der Waals surface area contributed by atoms with Crippen molar-refractivity contribution in [2.75, 3.05) is 24.7 Å². The second kappa shape index (κ2) is 6.43. The zero-order valence-electron chi connectivity index (χ0n) is 11.0. The zero-order valence-corrected chi connectivity index (χ0v) is 11.0. The van der Waals surface area contributed by atoms with E-state index in [9.17, 15) is 4.79 Å². The number of anilines is 1. The lowest BCUT2D eigenvalue weighted by Crippen LogP contribution is -2.46. The SMILES string of the molecule is CCOc1ccccc1N1C(=O)OCCC1CCO. The van der Waals surface area contributed by atoms with E-state index in [-0.39, 0.29) is 18.7 Å².